The summed E-state index contributed by atoms with van der Waals surface area (Å²) in [6.07, 6.45) is 14.8. The van der Waals surface area contributed by atoms with Gasteiger partial charge in [-0.2, -0.15) is 5.06 Å². The van der Waals surface area contributed by atoms with Crippen LogP contribution in [0.15, 0.2) is 0 Å². The zero-order chi connectivity index (χ0) is 26.0. The van der Waals surface area contributed by atoms with E-state index in [1.807, 2.05) is 5.06 Å². The molecule has 1 unspecified atom stereocenters. The van der Waals surface area contributed by atoms with Crippen LogP contribution in [0.1, 0.15) is 137 Å². The average Bonchev–Trinajstić information content (AvgIpc) is 2.75. The van der Waals surface area contributed by atoms with Crippen molar-refractivity contribution in [3.8, 4) is 0 Å². The number of hydrogen-bond acceptors (Lipinski definition) is 5. The predicted octanol–water partition coefficient (Wildman–Crippen LogP) is 6.77. The minimum absolute atomic E-state index is 0.132. The number of aliphatic hydroxyl groups is 1. The van der Waals surface area contributed by atoms with Crippen molar-refractivity contribution < 1.29 is 29.7 Å². The number of hydrogen-bond donors (Lipinski definition) is 3. The topological polar surface area (TPSA) is 107 Å². The van der Waals surface area contributed by atoms with Gasteiger partial charge in [0.25, 0.3) is 0 Å². The van der Waals surface area contributed by atoms with Gasteiger partial charge < -0.3 is 15.3 Å². The Hall–Kier alpha value is -1.18. The summed E-state index contributed by atoms with van der Waals surface area (Å²) < 4.78 is 0. The number of piperidine rings is 1. The van der Waals surface area contributed by atoms with Crippen LogP contribution < -0.4 is 0 Å². The van der Waals surface area contributed by atoms with E-state index in [2.05, 4.69) is 34.6 Å². The van der Waals surface area contributed by atoms with Gasteiger partial charge in [-0.3, -0.25) is 14.4 Å². The van der Waals surface area contributed by atoms with Gasteiger partial charge in [0.1, 0.15) is 6.23 Å². The molecule has 1 atom stereocenters. The Morgan fingerprint density at radius 1 is 0.794 bits per heavy atom. The van der Waals surface area contributed by atoms with Crippen LogP contribution in [0.2, 0.25) is 0 Å². The molecule has 1 rings (SSSR count). The Balaban J connectivity index is 0.000000686. The number of carboxylic acid groups (broad SMARTS) is 2. The fourth-order valence-electron chi connectivity index (χ4n) is 4.14. The van der Waals surface area contributed by atoms with Crippen molar-refractivity contribution in [2.24, 2.45) is 5.41 Å². The van der Waals surface area contributed by atoms with Gasteiger partial charge in [-0.15, -0.1) is 0 Å². The summed E-state index contributed by atoms with van der Waals surface area (Å²) in [4.78, 5) is 26.2. The number of rotatable bonds is 17. The summed E-state index contributed by atoms with van der Waals surface area (Å²) in [6.45, 7) is 11.8. The molecule has 1 aliphatic heterocycles. The van der Waals surface area contributed by atoms with E-state index >= 15 is 0 Å². The second kappa shape index (κ2) is 18.1. The van der Waals surface area contributed by atoms with Crippen molar-refractivity contribution in [2.45, 2.75) is 149 Å². The number of hydroxylamine groups is 2. The molecule has 7 heteroatoms. The molecule has 1 fully saturated rings. The Bertz CT molecular complexity index is 529. The minimum Gasteiger partial charge on any atom is -0.481 e. The van der Waals surface area contributed by atoms with Crippen LogP contribution >= 0.6 is 0 Å². The molecule has 0 aromatic rings. The average molecular weight is 488 g/mol. The molecule has 0 aromatic carbocycles. The maximum Gasteiger partial charge on any atom is 0.303 e. The van der Waals surface area contributed by atoms with E-state index in [1.54, 1.807) is 0 Å². The Morgan fingerprint density at radius 3 is 1.71 bits per heavy atom. The lowest BCUT2D eigenvalue weighted by atomic mass is 9.68. The molecule has 0 amide bonds. The van der Waals surface area contributed by atoms with E-state index in [0.717, 1.165) is 64.4 Å². The van der Waals surface area contributed by atoms with Crippen molar-refractivity contribution in [2.75, 3.05) is 6.61 Å². The third-order valence-corrected chi connectivity index (χ3v) is 7.26. The molecule has 0 radical (unpaired) electrons. The van der Waals surface area contributed by atoms with E-state index in [9.17, 15) is 14.7 Å². The fourth-order valence-corrected chi connectivity index (χ4v) is 4.14. The zero-order valence-electron chi connectivity index (χ0n) is 22.6. The van der Waals surface area contributed by atoms with E-state index in [4.69, 9.17) is 15.1 Å². The highest BCUT2D eigenvalue weighted by atomic mass is 16.7. The lowest BCUT2D eigenvalue weighted by molar-refractivity contribution is -0.324. The molecule has 0 bridgehead atoms. The molecule has 0 saturated carbocycles. The van der Waals surface area contributed by atoms with Crippen molar-refractivity contribution in [1.29, 1.82) is 0 Å². The summed E-state index contributed by atoms with van der Waals surface area (Å²) in [6, 6.07) is 0. The minimum atomic E-state index is -0.740. The van der Waals surface area contributed by atoms with Gasteiger partial charge in [0.2, 0.25) is 0 Å². The van der Waals surface area contributed by atoms with E-state index < -0.39 is 18.2 Å². The standard InChI is InChI=1S/C17H35NO2.C10H18O4/c1-6-7-8-9-10-11-14-20-18-15(19)12-13-16(2,3)17(18,4)5;11-9(12)7-5-3-1-2-4-6-8-10(13)14/h15,19H,6-14H2,1-5H3;1-8H2,(H,11,12)(H,13,14). The predicted molar refractivity (Wildman–Crippen MR) is 136 cm³/mol. The van der Waals surface area contributed by atoms with Crippen molar-refractivity contribution in [1.82, 2.24) is 5.06 Å². The summed E-state index contributed by atoms with van der Waals surface area (Å²) in [5.74, 6) is -1.48. The highest BCUT2D eigenvalue weighted by Crippen LogP contribution is 2.45. The van der Waals surface area contributed by atoms with Crippen LogP contribution in [0.25, 0.3) is 0 Å². The molecule has 1 heterocycles. The van der Waals surface area contributed by atoms with Crippen LogP contribution in [-0.2, 0) is 14.4 Å². The third-order valence-electron chi connectivity index (χ3n) is 7.26. The maximum absolute atomic E-state index is 10.2. The maximum atomic E-state index is 10.2. The first-order valence-electron chi connectivity index (χ1n) is 13.5. The van der Waals surface area contributed by atoms with E-state index in [1.165, 1.54) is 32.1 Å². The number of nitrogens with zero attached hydrogens (tertiary/aromatic N) is 1. The number of aliphatic carboxylic acids is 2. The molecule has 7 nitrogen and oxygen atoms in total. The SMILES string of the molecule is CCCCCCCCON1C(O)CCC(C)(C)C1(C)C.O=C(O)CCCCCCCCC(=O)O. The largest absolute Gasteiger partial charge is 0.481 e. The lowest BCUT2D eigenvalue weighted by Crippen LogP contribution is -2.61. The summed E-state index contributed by atoms with van der Waals surface area (Å²) in [7, 11) is 0. The van der Waals surface area contributed by atoms with Gasteiger partial charge in [-0.1, -0.05) is 78.6 Å². The molecule has 1 saturated heterocycles. The number of aliphatic hydroxyl groups excluding tert-OH is 1. The molecule has 0 aliphatic carbocycles. The molecule has 202 valence electrons. The molecule has 0 aromatic heterocycles. The normalized spacial score (nSPS) is 19.3. The number of carboxylic acids is 2. The first-order valence-corrected chi connectivity index (χ1v) is 13.5. The molecule has 3 N–H and O–H groups in total. The second-order valence-corrected chi connectivity index (χ2v) is 10.8. The molecular formula is C27H53NO6. The number of unbranched alkanes of at least 4 members (excludes halogenated alkanes) is 10. The third kappa shape index (κ3) is 14.3. The Morgan fingerprint density at radius 2 is 1.24 bits per heavy atom. The highest BCUT2D eigenvalue weighted by molar-refractivity contribution is 5.66. The first-order chi connectivity index (χ1) is 16.0. The lowest BCUT2D eigenvalue weighted by Gasteiger charge is -2.54. The molecule has 34 heavy (non-hydrogen) atoms. The van der Waals surface area contributed by atoms with Gasteiger partial charge in [0.05, 0.1) is 6.61 Å². The number of carbonyl (C=O) groups is 2. The van der Waals surface area contributed by atoms with Gasteiger partial charge >= 0.3 is 11.9 Å². The quantitative estimate of drug-likeness (QED) is 0.194. The van der Waals surface area contributed by atoms with Gasteiger partial charge in [0, 0.05) is 18.4 Å². The van der Waals surface area contributed by atoms with Crippen molar-refractivity contribution in [3.63, 3.8) is 0 Å². The van der Waals surface area contributed by atoms with E-state index in [0.29, 0.717) is 0 Å². The van der Waals surface area contributed by atoms with Crippen molar-refractivity contribution in [3.05, 3.63) is 0 Å². The van der Waals surface area contributed by atoms with Crippen LogP contribution in [0, 0.1) is 5.41 Å². The van der Waals surface area contributed by atoms with Gasteiger partial charge in [-0.05, 0) is 51.4 Å². The Kier molecular flexibility index (Phi) is 17.5. The van der Waals surface area contributed by atoms with Crippen molar-refractivity contribution >= 4 is 11.9 Å². The van der Waals surface area contributed by atoms with Crippen LogP contribution in [0.3, 0.4) is 0 Å². The second-order valence-electron chi connectivity index (χ2n) is 10.8. The molecule has 1 aliphatic rings. The summed E-state index contributed by atoms with van der Waals surface area (Å²) >= 11 is 0. The zero-order valence-corrected chi connectivity index (χ0v) is 22.6. The molecular weight excluding hydrogens is 434 g/mol. The smallest absolute Gasteiger partial charge is 0.303 e. The van der Waals surface area contributed by atoms with Gasteiger partial charge in [0.15, 0.2) is 0 Å². The van der Waals surface area contributed by atoms with Crippen LogP contribution in [0.4, 0.5) is 0 Å². The summed E-state index contributed by atoms with van der Waals surface area (Å²) in [5.41, 5.74) is 0.0280. The monoisotopic (exact) mass is 487 g/mol. The van der Waals surface area contributed by atoms with E-state index in [-0.39, 0.29) is 23.8 Å². The summed E-state index contributed by atoms with van der Waals surface area (Å²) in [5, 5.41) is 28.8. The van der Waals surface area contributed by atoms with Crippen LogP contribution in [-0.4, -0.2) is 50.7 Å². The Labute approximate surface area is 208 Å². The van der Waals surface area contributed by atoms with Gasteiger partial charge in [-0.25, -0.2) is 0 Å². The van der Waals surface area contributed by atoms with Crippen LogP contribution in [0.5, 0.6) is 0 Å². The first kappa shape index (κ1) is 32.8. The molecule has 0 spiro atoms. The highest BCUT2D eigenvalue weighted by Gasteiger charge is 2.48. The fraction of sp³-hybridized carbons (Fsp3) is 0.926.